The molecule has 3 aromatic carbocycles. The monoisotopic (exact) mass is 499 g/mol. The molecule has 1 unspecified atom stereocenters. The summed E-state index contributed by atoms with van der Waals surface area (Å²) in [7, 11) is 0. The molecular formula is C29H32ClF2NO2. The normalized spacial score (nSPS) is 13.7. The van der Waals surface area contributed by atoms with Crippen molar-refractivity contribution in [1.29, 1.82) is 0 Å². The minimum absolute atomic E-state index is 0.0442. The number of hydrogen-bond donors (Lipinski definition) is 1. The molecule has 0 fully saturated rings. The van der Waals surface area contributed by atoms with Crippen LogP contribution in [0.4, 0.5) is 8.78 Å². The molecule has 186 valence electrons. The Morgan fingerprint density at radius 1 is 0.943 bits per heavy atom. The third kappa shape index (κ3) is 6.02. The second kappa shape index (κ2) is 10.4. The van der Waals surface area contributed by atoms with Crippen LogP contribution < -0.4 is 10.1 Å². The Morgan fingerprint density at radius 3 is 2.11 bits per heavy atom. The van der Waals surface area contributed by atoms with Crippen LogP contribution in [-0.4, -0.2) is 17.6 Å². The van der Waals surface area contributed by atoms with Gasteiger partial charge in [-0.2, -0.15) is 0 Å². The van der Waals surface area contributed by atoms with E-state index in [1.54, 1.807) is 13.8 Å². The first kappa shape index (κ1) is 26.7. The molecule has 1 amide bonds. The lowest BCUT2D eigenvalue weighted by Gasteiger charge is -2.40. The summed E-state index contributed by atoms with van der Waals surface area (Å²) in [5.41, 5.74) is 0.242. The first-order valence-electron chi connectivity index (χ1n) is 11.6. The first-order chi connectivity index (χ1) is 16.3. The summed E-state index contributed by atoms with van der Waals surface area (Å²) < 4.78 is 33.8. The Labute approximate surface area is 211 Å². The van der Waals surface area contributed by atoms with Crippen LogP contribution in [0.1, 0.15) is 57.2 Å². The van der Waals surface area contributed by atoms with Gasteiger partial charge in [-0.05, 0) is 56.4 Å². The molecule has 0 saturated carbocycles. The maximum absolute atomic E-state index is 14.0. The van der Waals surface area contributed by atoms with Crippen molar-refractivity contribution in [2.24, 2.45) is 0 Å². The van der Waals surface area contributed by atoms with Gasteiger partial charge in [0, 0.05) is 34.7 Å². The van der Waals surface area contributed by atoms with E-state index in [0.29, 0.717) is 5.02 Å². The van der Waals surface area contributed by atoms with Gasteiger partial charge in [0.25, 0.3) is 5.91 Å². The van der Waals surface area contributed by atoms with Crippen LogP contribution >= 0.6 is 11.6 Å². The van der Waals surface area contributed by atoms with Gasteiger partial charge in [0.15, 0.2) is 5.60 Å². The lowest BCUT2D eigenvalue weighted by Crippen LogP contribution is -2.52. The van der Waals surface area contributed by atoms with Crippen molar-refractivity contribution in [2.75, 3.05) is 0 Å². The highest BCUT2D eigenvalue weighted by Crippen LogP contribution is 2.41. The molecule has 0 radical (unpaired) electrons. The molecule has 0 spiro atoms. The van der Waals surface area contributed by atoms with Gasteiger partial charge in [-0.3, -0.25) is 4.79 Å². The summed E-state index contributed by atoms with van der Waals surface area (Å²) >= 11 is 6.29. The Balaban J connectivity index is 1.89. The third-order valence-corrected chi connectivity index (χ3v) is 6.77. The second-order valence-corrected chi connectivity index (χ2v) is 10.4. The van der Waals surface area contributed by atoms with Gasteiger partial charge in [-0.15, -0.1) is 0 Å². The van der Waals surface area contributed by atoms with E-state index in [2.05, 4.69) is 19.2 Å². The van der Waals surface area contributed by atoms with E-state index in [1.165, 1.54) is 6.92 Å². The molecule has 3 rings (SSSR count). The smallest absolute Gasteiger partial charge is 0.263 e. The number of carbonyl (C=O) groups excluding carboxylic acids is 1. The third-order valence-electron chi connectivity index (χ3n) is 6.54. The Morgan fingerprint density at radius 2 is 1.54 bits per heavy atom. The molecule has 0 aliphatic rings. The number of hydrogen-bond acceptors (Lipinski definition) is 2. The minimum atomic E-state index is -1.37. The van der Waals surface area contributed by atoms with Crippen molar-refractivity contribution in [3.8, 4) is 5.75 Å². The topological polar surface area (TPSA) is 38.3 Å². The number of rotatable bonds is 8. The Kier molecular flexibility index (Phi) is 7.90. The molecule has 0 bridgehead atoms. The van der Waals surface area contributed by atoms with Gasteiger partial charge < -0.3 is 10.1 Å². The molecule has 0 aliphatic carbocycles. The molecule has 1 N–H and O–H groups in total. The van der Waals surface area contributed by atoms with Crippen LogP contribution in [-0.2, 0) is 10.2 Å². The lowest BCUT2D eigenvalue weighted by atomic mass is 9.67. The molecule has 0 heterocycles. The van der Waals surface area contributed by atoms with E-state index in [4.69, 9.17) is 16.3 Å². The summed E-state index contributed by atoms with van der Waals surface area (Å²) in [6.07, 6.45) is 0. The lowest BCUT2D eigenvalue weighted by molar-refractivity contribution is -0.135. The van der Waals surface area contributed by atoms with Crippen LogP contribution in [0.3, 0.4) is 0 Å². The quantitative estimate of drug-likeness (QED) is 0.352. The highest BCUT2D eigenvalue weighted by atomic mass is 35.5. The number of benzene rings is 3. The molecule has 0 saturated heterocycles. The molecular weight excluding hydrogens is 468 g/mol. The van der Waals surface area contributed by atoms with E-state index in [-0.39, 0.29) is 23.3 Å². The number of nitrogens with one attached hydrogen (secondary N) is 1. The summed E-state index contributed by atoms with van der Waals surface area (Å²) in [6, 6.07) is 19.6. The zero-order valence-electron chi connectivity index (χ0n) is 21.0. The number of ether oxygens (including phenoxy) is 1. The predicted octanol–water partition coefficient (Wildman–Crippen LogP) is 7.35. The van der Waals surface area contributed by atoms with Gasteiger partial charge in [-0.1, -0.05) is 67.9 Å². The molecule has 2 atom stereocenters. The first-order valence-corrected chi connectivity index (χ1v) is 12.0. The fourth-order valence-corrected chi connectivity index (χ4v) is 4.74. The fraction of sp³-hybridized carbons (Fsp3) is 0.345. The van der Waals surface area contributed by atoms with E-state index in [9.17, 15) is 13.6 Å². The summed E-state index contributed by atoms with van der Waals surface area (Å²) in [6.45, 7) is 10.7. The largest absolute Gasteiger partial charge is 0.478 e. The van der Waals surface area contributed by atoms with Crippen molar-refractivity contribution in [2.45, 2.75) is 64.5 Å². The van der Waals surface area contributed by atoms with Crippen LogP contribution in [0.5, 0.6) is 5.75 Å². The van der Waals surface area contributed by atoms with E-state index < -0.39 is 28.6 Å². The Bertz CT molecular complexity index is 1170. The van der Waals surface area contributed by atoms with Crippen molar-refractivity contribution < 1.29 is 18.3 Å². The molecule has 3 aromatic rings. The van der Waals surface area contributed by atoms with Gasteiger partial charge in [0.05, 0.1) is 0 Å². The highest BCUT2D eigenvalue weighted by molar-refractivity contribution is 6.30. The maximum atomic E-state index is 14.0. The van der Waals surface area contributed by atoms with Gasteiger partial charge >= 0.3 is 0 Å². The Hall–Kier alpha value is -2.92. The highest BCUT2D eigenvalue weighted by Gasteiger charge is 2.39. The van der Waals surface area contributed by atoms with Gasteiger partial charge in [-0.25, -0.2) is 8.78 Å². The van der Waals surface area contributed by atoms with Crippen LogP contribution in [0.25, 0.3) is 0 Å². The number of carbonyl (C=O) groups is 1. The van der Waals surface area contributed by atoms with Crippen molar-refractivity contribution in [3.63, 3.8) is 0 Å². The molecule has 0 aliphatic heterocycles. The molecule has 35 heavy (non-hydrogen) atoms. The van der Waals surface area contributed by atoms with E-state index in [1.807, 2.05) is 61.5 Å². The molecule has 3 nitrogen and oxygen atoms in total. The zero-order chi connectivity index (χ0) is 26.0. The summed E-state index contributed by atoms with van der Waals surface area (Å²) in [5.74, 6) is -2.00. The summed E-state index contributed by atoms with van der Waals surface area (Å²) in [4.78, 5) is 13.3. The van der Waals surface area contributed by atoms with E-state index in [0.717, 1.165) is 23.3 Å². The van der Waals surface area contributed by atoms with Crippen molar-refractivity contribution >= 4 is 17.5 Å². The minimum Gasteiger partial charge on any atom is -0.478 e. The standard InChI is InChI=1S/C29H32ClF2NO2/c1-18-24(31)16-23(17-25(18)32)35-29(5,6)27(34)33-19(2)26(20-11-8-7-9-12-20)28(3,4)21-13-10-14-22(30)15-21/h7-17,19,26H,1-6H3,(H,33,34)/t19?,26-/m0/s1. The average Bonchev–Trinajstić information content (AvgIpc) is 2.77. The molecule has 0 aromatic heterocycles. The summed E-state index contributed by atoms with van der Waals surface area (Å²) in [5, 5.41) is 3.73. The predicted molar refractivity (Wildman–Crippen MR) is 137 cm³/mol. The fourth-order valence-electron chi connectivity index (χ4n) is 4.55. The van der Waals surface area contributed by atoms with Crippen LogP contribution in [0, 0.1) is 18.6 Å². The number of amides is 1. The van der Waals surface area contributed by atoms with Crippen LogP contribution in [0.15, 0.2) is 66.7 Å². The SMILES string of the molecule is Cc1c(F)cc(OC(C)(C)C(=O)NC(C)[C@@H](c2ccccc2)C(C)(C)c2cccc(Cl)c2)cc1F. The van der Waals surface area contributed by atoms with Crippen LogP contribution in [0.2, 0.25) is 5.02 Å². The average molecular weight is 500 g/mol. The zero-order valence-corrected chi connectivity index (χ0v) is 21.7. The number of halogens is 3. The second-order valence-electron chi connectivity index (χ2n) is 10.0. The van der Waals surface area contributed by atoms with Crippen molar-refractivity contribution in [1.82, 2.24) is 5.32 Å². The van der Waals surface area contributed by atoms with Gasteiger partial charge in [0.1, 0.15) is 17.4 Å². The maximum Gasteiger partial charge on any atom is 0.263 e. The van der Waals surface area contributed by atoms with Crippen molar-refractivity contribution in [3.05, 3.63) is 100 Å². The molecule has 6 heteroatoms. The van der Waals surface area contributed by atoms with Gasteiger partial charge in [0.2, 0.25) is 0 Å². The van der Waals surface area contributed by atoms with E-state index >= 15 is 0 Å².